The van der Waals surface area contributed by atoms with Crippen molar-refractivity contribution in [3.63, 3.8) is 0 Å². The van der Waals surface area contributed by atoms with Gasteiger partial charge in [0, 0.05) is 5.02 Å². The molecule has 3 aromatic carbocycles. The Labute approximate surface area is 193 Å². The van der Waals surface area contributed by atoms with Crippen molar-refractivity contribution in [1.29, 1.82) is 0 Å². The molecule has 168 valence electrons. The number of hydrogen-bond donors (Lipinski definition) is 1. The summed E-state index contributed by atoms with van der Waals surface area (Å²) >= 11 is 6.02. The van der Waals surface area contributed by atoms with E-state index < -0.39 is 35.7 Å². The van der Waals surface area contributed by atoms with Crippen LogP contribution in [0.3, 0.4) is 0 Å². The van der Waals surface area contributed by atoms with Crippen molar-refractivity contribution in [2.45, 2.75) is 12.1 Å². The van der Waals surface area contributed by atoms with Gasteiger partial charge in [-0.1, -0.05) is 17.7 Å². The SMILES string of the molecule is COc1cc([C@H]2[C@H]3C(=O)N(c4ccc(F)cc4)C(=O)[C@@H]3ON2c2ccc(Cl)cc2)ccc1O. The number of phenols is 1. The van der Waals surface area contributed by atoms with Crippen LogP contribution in [-0.2, 0) is 14.4 Å². The average Bonchev–Trinajstić information content (AvgIpc) is 3.32. The van der Waals surface area contributed by atoms with Gasteiger partial charge >= 0.3 is 0 Å². The highest BCUT2D eigenvalue weighted by Crippen LogP contribution is 2.48. The van der Waals surface area contributed by atoms with Gasteiger partial charge in [-0.3, -0.25) is 14.4 Å². The lowest BCUT2D eigenvalue weighted by Crippen LogP contribution is -2.37. The highest BCUT2D eigenvalue weighted by Gasteiger charge is 2.60. The zero-order valence-corrected chi connectivity index (χ0v) is 18.1. The van der Waals surface area contributed by atoms with Crippen LogP contribution in [0.1, 0.15) is 11.6 Å². The zero-order chi connectivity index (χ0) is 23.3. The van der Waals surface area contributed by atoms with Gasteiger partial charge in [0.2, 0.25) is 5.91 Å². The Bertz CT molecular complexity index is 1230. The monoisotopic (exact) mass is 468 g/mol. The van der Waals surface area contributed by atoms with Crippen LogP contribution in [0.25, 0.3) is 0 Å². The molecule has 0 unspecified atom stereocenters. The van der Waals surface area contributed by atoms with Crippen LogP contribution in [0.15, 0.2) is 66.7 Å². The van der Waals surface area contributed by atoms with E-state index in [1.165, 1.54) is 42.5 Å². The Hall–Kier alpha value is -3.62. The number of ether oxygens (including phenoxy) is 1. The molecule has 33 heavy (non-hydrogen) atoms. The second-order valence-electron chi connectivity index (χ2n) is 7.72. The fraction of sp³-hybridized carbons (Fsp3) is 0.167. The molecule has 9 heteroatoms. The molecule has 5 rings (SSSR count). The first kappa shape index (κ1) is 21.2. The van der Waals surface area contributed by atoms with Gasteiger partial charge in [-0.25, -0.2) is 14.4 Å². The molecule has 0 spiro atoms. The number of imide groups is 1. The molecule has 3 aromatic rings. The summed E-state index contributed by atoms with van der Waals surface area (Å²) in [7, 11) is 1.42. The Balaban J connectivity index is 1.60. The van der Waals surface area contributed by atoms with E-state index in [9.17, 15) is 19.1 Å². The second kappa shape index (κ2) is 8.06. The lowest BCUT2D eigenvalue weighted by atomic mass is 9.90. The molecule has 0 saturated carbocycles. The van der Waals surface area contributed by atoms with Crippen LogP contribution in [0.5, 0.6) is 11.5 Å². The van der Waals surface area contributed by atoms with Gasteiger partial charge in [0.1, 0.15) is 11.7 Å². The number of rotatable bonds is 4. The van der Waals surface area contributed by atoms with Gasteiger partial charge in [-0.15, -0.1) is 0 Å². The van der Waals surface area contributed by atoms with E-state index in [4.69, 9.17) is 21.2 Å². The minimum atomic E-state index is -1.08. The summed E-state index contributed by atoms with van der Waals surface area (Å²) in [5, 5.41) is 12.1. The van der Waals surface area contributed by atoms with Gasteiger partial charge in [0.05, 0.1) is 24.5 Å². The molecule has 2 saturated heterocycles. The highest BCUT2D eigenvalue weighted by atomic mass is 35.5. The molecule has 2 amide bonds. The quantitative estimate of drug-likeness (QED) is 0.577. The van der Waals surface area contributed by atoms with E-state index in [2.05, 4.69) is 0 Å². The Kier molecular flexibility index (Phi) is 5.19. The summed E-state index contributed by atoms with van der Waals surface area (Å²) in [5.74, 6) is -2.20. The van der Waals surface area contributed by atoms with Crippen molar-refractivity contribution in [2.24, 2.45) is 5.92 Å². The number of aromatic hydroxyl groups is 1. The van der Waals surface area contributed by atoms with E-state index in [-0.39, 0.29) is 17.2 Å². The molecule has 2 heterocycles. The summed E-state index contributed by atoms with van der Waals surface area (Å²) in [5.41, 5.74) is 1.47. The largest absolute Gasteiger partial charge is 0.504 e. The van der Waals surface area contributed by atoms with Crippen LogP contribution in [0.4, 0.5) is 15.8 Å². The Morgan fingerprint density at radius 1 is 0.970 bits per heavy atom. The summed E-state index contributed by atoms with van der Waals surface area (Å²) in [6.45, 7) is 0. The van der Waals surface area contributed by atoms with Crippen LogP contribution in [0, 0.1) is 11.7 Å². The molecule has 0 radical (unpaired) electrons. The summed E-state index contributed by atoms with van der Waals surface area (Å²) < 4.78 is 18.6. The molecule has 0 aromatic heterocycles. The maximum Gasteiger partial charge on any atom is 0.266 e. The minimum absolute atomic E-state index is 0.0588. The fourth-order valence-electron chi connectivity index (χ4n) is 4.29. The molecular weight excluding hydrogens is 451 g/mol. The smallest absolute Gasteiger partial charge is 0.266 e. The summed E-state index contributed by atoms with van der Waals surface area (Å²) in [6.07, 6.45) is -1.08. The number of amides is 2. The van der Waals surface area contributed by atoms with Crippen LogP contribution in [-0.4, -0.2) is 30.1 Å². The molecule has 7 nitrogen and oxygen atoms in total. The Morgan fingerprint density at radius 3 is 2.30 bits per heavy atom. The lowest BCUT2D eigenvalue weighted by molar-refractivity contribution is -0.126. The molecule has 2 aliphatic heterocycles. The predicted molar refractivity (Wildman–Crippen MR) is 119 cm³/mol. The number of phenolic OH excluding ortho intramolecular Hbond substituents is 1. The molecule has 2 fully saturated rings. The topological polar surface area (TPSA) is 79.3 Å². The standard InChI is InChI=1S/C24H18ClFN2O5/c1-32-19-12-13(2-11-18(19)29)21-20-22(33-28(21)17-7-3-14(25)4-8-17)24(31)27(23(20)30)16-9-5-15(26)6-10-16/h2-12,20-22,29H,1H3/t20-,21+,22-/m1/s1. The van der Waals surface area contributed by atoms with Crippen LogP contribution in [0.2, 0.25) is 5.02 Å². The number of hydroxylamine groups is 1. The first-order chi connectivity index (χ1) is 15.9. The normalized spacial score (nSPS) is 22.1. The van der Waals surface area contributed by atoms with Crippen LogP contribution >= 0.6 is 11.6 Å². The molecule has 3 atom stereocenters. The third-order valence-electron chi connectivity index (χ3n) is 5.83. The van der Waals surface area contributed by atoms with Crippen molar-refractivity contribution in [2.75, 3.05) is 17.1 Å². The maximum absolute atomic E-state index is 13.5. The second-order valence-corrected chi connectivity index (χ2v) is 8.15. The fourth-order valence-corrected chi connectivity index (χ4v) is 4.41. The number of nitrogens with zero attached hydrogens (tertiary/aromatic N) is 2. The third-order valence-corrected chi connectivity index (χ3v) is 6.08. The summed E-state index contributed by atoms with van der Waals surface area (Å²) in [6, 6.07) is 15.9. The summed E-state index contributed by atoms with van der Waals surface area (Å²) in [4.78, 5) is 33.8. The molecule has 0 bridgehead atoms. The number of methoxy groups -OCH3 is 1. The first-order valence-electron chi connectivity index (χ1n) is 10.1. The average molecular weight is 469 g/mol. The van der Waals surface area contributed by atoms with Crippen molar-refractivity contribution < 1.29 is 28.7 Å². The van der Waals surface area contributed by atoms with Crippen LogP contribution < -0.4 is 14.7 Å². The number of hydrogen-bond acceptors (Lipinski definition) is 6. The number of fused-ring (bicyclic) bond motifs is 1. The minimum Gasteiger partial charge on any atom is -0.504 e. The molecule has 2 aliphatic rings. The number of halogens is 2. The molecule has 1 N–H and O–H groups in total. The van der Waals surface area contributed by atoms with Crippen molar-refractivity contribution in [3.05, 3.63) is 83.1 Å². The van der Waals surface area contributed by atoms with Crippen molar-refractivity contribution in [3.8, 4) is 11.5 Å². The highest BCUT2D eigenvalue weighted by molar-refractivity contribution is 6.30. The van der Waals surface area contributed by atoms with E-state index in [0.29, 0.717) is 16.3 Å². The van der Waals surface area contributed by atoms with Gasteiger partial charge < -0.3 is 9.84 Å². The molecular formula is C24H18ClFN2O5. The number of carbonyl (C=O) groups is 2. The number of anilines is 2. The predicted octanol–water partition coefficient (Wildman–Crippen LogP) is 4.24. The van der Waals surface area contributed by atoms with E-state index in [1.54, 1.807) is 36.4 Å². The van der Waals surface area contributed by atoms with Gasteiger partial charge in [0.25, 0.3) is 5.91 Å². The number of benzene rings is 3. The van der Waals surface area contributed by atoms with Gasteiger partial charge in [0.15, 0.2) is 17.6 Å². The number of carbonyl (C=O) groups excluding carboxylic acids is 2. The van der Waals surface area contributed by atoms with E-state index in [1.807, 2.05) is 0 Å². The Morgan fingerprint density at radius 2 is 1.64 bits per heavy atom. The maximum atomic E-state index is 13.5. The van der Waals surface area contributed by atoms with Gasteiger partial charge in [-0.05, 0) is 66.2 Å². The van der Waals surface area contributed by atoms with Crippen molar-refractivity contribution >= 4 is 34.8 Å². The zero-order valence-electron chi connectivity index (χ0n) is 17.3. The van der Waals surface area contributed by atoms with E-state index >= 15 is 0 Å². The lowest BCUT2D eigenvalue weighted by Gasteiger charge is -2.29. The molecule has 0 aliphatic carbocycles. The van der Waals surface area contributed by atoms with E-state index in [0.717, 1.165) is 4.90 Å². The third kappa shape index (κ3) is 3.48. The van der Waals surface area contributed by atoms with Crippen molar-refractivity contribution in [1.82, 2.24) is 0 Å². The first-order valence-corrected chi connectivity index (χ1v) is 10.5. The van der Waals surface area contributed by atoms with Gasteiger partial charge in [-0.2, -0.15) is 0 Å².